The summed E-state index contributed by atoms with van der Waals surface area (Å²) in [6.07, 6.45) is 5.60. The first kappa shape index (κ1) is 21.5. The Hall–Kier alpha value is -3.20. The maximum Gasteiger partial charge on any atom is 0.416 e. The normalized spacial score (nSPS) is 14.5. The second-order valence-electron chi connectivity index (χ2n) is 7.52. The van der Waals surface area contributed by atoms with Crippen LogP contribution in [0.4, 0.5) is 24.5 Å². The summed E-state index contributed by atoms with van der Waals surface area (Å²) in [5, 5.41) is 2.59. The van der Waals surface area contributed by atoms with Gasteiger partial charge in [0.15, 0.2) is 0 Å². The first-order chi connectivity index (χ1) is 14.2. The van der Waals surface area contributed by atoms with Crippen molar-refractivity contribution in [3.05, 3.63) is 70.4 Å². The summed E-state index contributed by atoms with van der Waals surface area (Å²) in [6, 6.07) is 8.51. The summed E-state index contributed by atoms with van der Waals surface area (Å²) in [5.41, 5.74) is 2.49. The van der Waals surface area contributed by atoms with E-state index in [0.717, 1.165) is 42.5 Å². The molecule has 0 atom stereocenters. The fourth-order valence-electron chi connectivity index (χ4n) is 3.42. The second-order valence-corrected chi connectivity index (χ2v) is 7.52. The SMILES string of the molecule is C#Cc1cc(C(=O)Nc2cc(N3C=C(C)CCCC3)cc(C(F)(F)F)c2)ccc1C. The molecule has 1 aliphatic heterocycles. The molecule has 0 radical (unpaired) electrons. The van der Waals surface area contributed by atoms with E-state index in [1.165, 1.54) is 0 Å². The van der Waals surface area contributed by atoms with Crippen LogP contribution in [-0.4, -0.2) is 12.5 Å². The Morgan fingerprint density at radius 3 is 2.60 bits per heavy atom. The van der Waals surface area contributed by atoms with Gasteiger partial charge in [0.05, 0.1) is 5.56 Å². The fourth-order valence-corrected chi connectivity index (χ4v) is 3.42. The zero-order valence-electron chi connectivity index (χ0n) is 16.9. The maximum atomic E-state index is 13.5. The molecular weight excluding hydrogens is 389 g/mol. The quantitative estimate of drug-likeness (QED) is 0.614. The van der Waals surface area contributed by atoms with Gasteiger partial charge in [-0.2, -0.15) is 13.2 Å². The molecule has 3 nitrogen and oxygen atoms in total. The van der Waals surface area contributed by atoms with Crippen molar-refractivity contribution < 1.29 is 18.0 Å². The molecule has 6 heteroatoms. The number of hydrogen-bond acceptors (Lipinski definition) is 2. The van der Waals surface area contributed by atoms with Gasteiger partial charge in [-0.25, -0.2) is 0 Å². The largest absolute Gasteiger partial charge is 0.416 e. The van der Waals surface area contributed by atoms with Crippen molar-refractivity contribution in [3.8, 4) is 12.3 Å². The van der Waals surface area contributed by atoms with Gasteiger partial charge >= 0.3 is 6.18 Å². The lowest BCUT2D eigenvalue weighted by molar-refractivity contribution is -0.137. The van der Waals surface area contributed by atoms with Crippen molar-refractivity contribution in [2.45, 2.75) is 39.3 Å². The lowest BCUT2D eigenvalue weighted by Crippen LogP contribution is -2.19. The topological polar surface area (TPSA) is 32.3 Å². The van der Waals surface area contributed by atoms with Gasteiger partial charge in [-0.1, -0.05) is 17.6 Å². The van der Waals surface area contributed by atoms with Crippen LogP contribution in [0.1, 0.15) is 53.2 Å². The molecule has 1 aliphatic rings. The number of rotatable bonds is 3. The van der Waals surface area contributed by atoms with Gasteiger partial charge in [0.2, 0.25) is 0 Å². The van der Waals surface area contributed by atoms with Crippen LogP contribution in [0.25, 0.3) is 0 Å². The van der Waals surface area contributed by atoms with Crippen LogP contribution in [0.5, 0.6) is 0 Å². The average molecular weight is 412 g/mol. The molecule has 0 saturated carbocycles. The highest BCUT2D eigenvalue weighted by molar-refractivity contribution is 6.04. The van der Waals surface area contributed by atoms with Crippen LogP contribution >= 0.6 is 0 Å². The molecule has 0 aromatic heterocycles. The number of carbonyl (C=O) groups excluding carboxylic acids is 1. The van der Waals surface area contributed by atoms with Crippen molar-refractivity contribution in [3.63, 3.8) is 0 Å². The molecule has 0 aliphatic carbocycles. The Bertz CT molecular complexity index is 1030. The number of carbonyl (C=O) groups is 1. The van der Waals surface area contributed by atoms with Gasteiger partial charge in [-0.15, -0.1) is 6.42 Å². The molecule has 1 amide bonds. The van der Waals surface area contributed by atoms with Crippen molar-refractivity contribution in [2.75, 3.05) is 16.8 Å². The summed E-state index contributed by atoms with van der Waals surface area (Å²) in [7, 11) is 0. The molecule has 2 aromatic carbocycles. The number of benzene rings is 2. The standard InChI is InChI=1S/C24H23F3N2O/c1-4-18-11-19(9-8-17(18)3)23(30)28-21-12-20(24(25,26)27)13-22(14-21)29-10-6-5-7-16(2)15-29/h1,8-9,11-15H,5-7,10H2,2-3H3,(H,28,30). The molecule has 0 bridgehead atoms. The number of allylic oxidation sites excluding steroid dienone is 1. The van der Waals surface area contributed by atoms with Gasteiger partial charge in [-0.05, 0) is 69.0 Å². The molecule has 0 unspecified atom stereocenters. The number of hydrogen-bond donors (Lipinski definition) is 1. The number of alkyl halides is 3. The highest BCUT2D eigenvalue weighted by atomic mass is 19.4. The summed E-state index contributed by atoms with van der Waals surface area (Å²) in [5.74, 6) is 1.99. The average Bonchev–Trinajstić information content (AvgIpc) is 2.92. The van der Waals surface area contributed by atoms with E-state index in [0.29, 0.717) is 17.8 Å². The van der Waals surface area contributed by atoms with Crippen LogP contribution < -0.4 is 10.2 Å². The third-order valence-electron chi connectivity index (χ3n) is 5.09. The van der Waals surface area contributed by atoms with Gasteiger partial charge in [0.25, 0.3) is 5.91 Å². The highest BCUT2D eigenvalue weighted by Crippen LogP contribution is 2.35. The van der Waals surface area contributed by atoms with Crippen LogP contribution in [0.3, 0.4) is 0 Å². The zero-order valence-corrected chi connectivity index (χ0v) is 16.9. The van der Waals surface area contributed by atoms with Crippen LogP contribution in [0, 0.1) is 19.3 Å². The smallest absolute Gasteiger partial charge is 0.348 e. The second kappa shape index (κ2) is 8.66. The van der Waals surface area contributed by atoms with E-state index < -0.39 is 17.6 Å². The molecule has 2 aromatic rings. The molecule has 156 valence electrons. The van der Waals surface area contributed by atoms with E-state index in [2.05, 4.69) is 11.2 Å². The van der Waals surface area contributed by atoms with E-state index in [4.69, 9.17) is 6.42 Å². The van der Waals surface area contributed by atoms with Crippen LogP contribution in [0.2, 0.25) is 0 Å². The van der Waals surface area contributed by atoms with Crippen LogP contribution in [0.15, 0.2) is 48.2 Å². The number of terminal acetylenes is 1. The van der Waals surface area contributed by atoms with E-state index in [1.807, 2.05) is 24.9 Å². The molecule has 0 spiro atoms. The lowest BCUT2D eigenvalue weighted by Gasteiger charge is -2.22. The zero-order chi connectivity index (χ0) is 21.9. The number of amides is 1. The lowest BCUT2D eigenvalue weighted by atomic mass is 10.0. The predicted molar refractivity (Wildman–Crippen MR) is 113 cm³/mol. The van der Waals surface area contributed by atoms with Crippen molar-refractivity contribution in [1.82, 2.24) is 0 Å². The molecular formula is C24H23F3N2O. The van der Waals surface area contributed by atoms with Crippen LogP contribution in [-0.2, 0) is 6.18 Å². The van der Waals surface area contributed by atoms with Gasteiger partial charge in [0, 0.05) is 35.2 Å². The van der Waals surface area contributed by atoms with Crippen molar-refractivity contribution in [1.29, 1.82) is 0 Å². The Morgan fingerprint density at radius 1 is 1.13 bits per heavy atom. The number of aryl methyl sites for hydroxylation is 1. The minimum absolute atomic E-state index is 0.0861. The van der Waals surface area contributed by atoms with Gasteiger partial charge in [-0.3, -0.25) is 4.79 Å². The highest BCUT2D eigenvalue weighted by Gasteiger charge is 2.32. The molecule has 1 N–H and O–H groups in total. The first-order valence-electron chi connectivity index (χ1n) is 9.72. The maximum absolute atomic E-state index is 13.5. The molecule has 1 heterocycles. The number of halogens is 3. The number of anilines is 2. The molecule has 0 fully saturated rings. The number of nitrogens with zero attached hydrogens (tertiary/aromatic N) is 1. The monoisotopic (exact) mass is 412 g/mol. The predicted octanol–water partition coefficient (Wildman–Crippen LogP) is 6.14. The Morgan fingerprint density at radius 2 is 1.90 bits per heavy atom. The van der Waals surface area contributed by atoms with Crippen molar-refractivity contribution in [2.24, 2.45) is 0 Å². The van der Waals surface area contributed by atoms with E-state index >= 15 is 0 Å². The Kier molecular flexibility index (Phi) is 6.21. The van der Waals surface area contributed by atoms with E-state index in [9.17, 15) is 18.0 Å². The first-order valence-corrected chi connectivity index (χ1v) is 9.72. The molecule has 0 saturated heterocycles. The minimum atomic E-state index is -4.53. The third-order valence-corrected chi connectivity index (χ3v) is 5.09. The summed E-state index contributed by atoms with van der Waals surface area (Å²) < 4.78 is 40.5. The van der Waals surface area contributed by atoms with Gasteiger partial charge in [0.1, 0.15) is 0 Å². The Balaban J connectivity index is 1.97. The van der Waals surface area contributed by atoms with E-state index in [-0.39, 0.29) is 11.3 Å². The fraction of sp³-hybridized carbons (Fsp3) is 0.292. The van der Waals surface area contributed by atoms with Gasteiger partial charge < -0.3 is 10.2 Å². The minimum Gasteiger partial charge on any atom is -0.348 e. The number of nitrogens with one attached hydrogen (secondary N) is 1. The van der Waals surface area contributed by atoms with Crippen molar-refractivity contribution >= 4 is 17.3 Å². The summed E-state index contributed by atoms with van der Waals surface area (Å²) in [4.78, 5) is 14.5. The molecule has 30 heavy (non-hydrogen) atoms. The summed E-state index contributed by atoms with van der Waals surface area (Å²) in [6.45, 7) is 4.41. The summed E-state index contributed by atoms with van der Waals surface area (Å²) >= 11 is 0. The Labute approximate surface area is 174 Å². The molecule has 3 rings (SSSR count). The third kappa shape index (κ3) is 5.04. The van der Waals surface area contributed by atoms with E-state index in [1.54, 1.807) is 24.3 Å².